The Labute approximate surface area is 93.7 Å². The first-order valence-electron chi connectivity index (χ1n) is 5.57. The second-order valence-electron chi connectivity index (χ2n) is 5.00. The molecule has 0 nitrogen and oxygen atoms in total. The first kappa shape index (κ1) is 11.9. The quantitative estimate of drug-likeness (QED) is 0.512. The van der Waals surface area contributed by atoms with Gasteiger partial charge in [0.25, 0.3) is 0 Å². The van der Waals surface area contributed by atoms with Crippen molar-refractivity contribution in [3.63, 3.8) is 0 Å². The molecule has 0 aromatic heterocycles. The molecule has 0 aliphatic carbocycles. The summed E-state index contributed by atoms with van der Waals surface area (Å²) in [6.07, 6.45) is 8.28. The van der Waals surface area contributed by atoms with Gasteiger partial charge in [0.2, 0.25) is 0 Å². The van der Waals surface area contributed by atoms with Gasteiger partial charge in [-0.1, -0.05) is 45.0 Å². The van der Waals surface area contributed by atoms with Crippen LogP contribution in [0, 0.1) is 12.3 Å². The highest BCUT2D eigenvalue weighted by Crippen LogP contribution is 2.22. The van der Waals surface area contributed by atoms with E-state index >= 15 is 0 Å². The molecular weight excluding hydrogens is 180 g/mol. The van der Waals surface area contributed by atoms with E-state index in [0.29, 0.717) is 0 Å². The normalized spacial score (nSPS) is 11.1. The fourth-order valence-corrected chi connectivity index (χ4v) is 1.57. The molecule has 0 amide bonds. The molecule has 0 heterocycles. The van der Waals surface area contributed by atoms with Crippen molar-refractivity contribution >= 4 is 0 Å². The first-order valence-corrected chi connectivity index (χ1v) is 5.57. The number of unbranched alkanes of at least 4 members (excludes halogenated alkanes) is 1. The second-order valence-corrected chi connectivity index (χ2v) is 5.00. The van der Waals surface area contributed by atoms with Crippen LogP contribution >= 0.6 is 0 Å². The van der Waals surface area contributed by atoms with E-state index in [1.54, 1.807) is 0 Å². The van der Waals surface area contributed by atoms with Crippen molar-refractivity contribution in [3.05, 3.63) is 35.4 Å². The van der Waals surface area contributed by atoms with Crippen molar-refractivity contribution in [1.29, 1.82) is 0 Å². The zero-order valence-corrected chi connectivity index (χ0v) is 10.0. The number of hydrogen-bond acceptors (Lipinski definition) is 0. The highest BCUT2D eigenvalue weighted by molar-refractivity contribution is 5.27. The van der Waals surface area contributed by atoms with Gasteiger partial charge in [-0.15, -0.1) is 12.3 Å². The summed E-state index contributed by atoms with van der Waals surface area (Å²) in [4.78, 5) is 0. The van der Waals surface area contributed by atoms with Crippen molar-refractivity contribution < 1.29 is 0 Å². The molecule has 0 radical (unpaired) electrons. The van der Waals surface area contributed by atoms with Gasteiger partial charge in [0.1, 0.15) is 0 Å². The second kappa shape index (κ2) is 5.03. The van der Waals surface area contributed by atoms with E-state index < -0.39 is 0 Å². The Morgan fingerprint density at radius 2 is 1.73 bits per heavy atom. The maximum Gasteiger partial charge on any atom is 0.00892 e. The molecule has 0 N–H and O–H groups in total. The summed E-state index contributed by atoms with van der Waals surface area (Å²) in [5.41, 5.74) is 3.03. The van der Waals surface area contributed by atoms with Crippen molar-refractivity contribution in [1.82, 2.24) is 0 Å². The number of terminal acetylenes is 1. The minimum absolute atomic E-state index is 0.247. The van der Waals surface area contributed by atoms with Gasteiger partial charge in [-0.25, -0.2) is 0 Å². The average molecular weight is 200 g/mol. The summed E-state index contributed by atoms with van der Waals surface area (Å²) in [5, 5.41) is 0. The van der Waals surface area contributed by atoms with E-state index in [2.05, 4.69) is 51.0 Å². The SMILES string of the molecule is C#CCCCc1ccc(C(C)(C)C)cc1. The van der Waals surface area contributed by atoms with Crippen LogP contribution in [0.25, 0.3) is 0 Å². The molecular formula is C15H20. The maximum absolute atomic E-state index is 5.22. The highest BCUT2D eigenvalue weighted by atomic mass is 14.2. The van der Waals surface area contributed by atoms with E-state index in [4.69, 9.17) is 6.42 Å². The van der Waals surface area contributed by atoms with E-state index in [9.17, 15) is 0 Å². The lowest BCUT2D eigenvalue weighted by Crippen LogP contribution is -2.10. The average Bonchev–Trinajstić information content (AvgIpc) is 2.18. The van der Waals surface area contributed by atoms with Gasteiger partial charge >= 0.3 is 0 Å². The van der Waals surface area contributed by atoms with Crippen LogP contribution in [-0.4, -0.2) is 0 Å². The molecule has 0 spiro atoms. The van der Waals surface area contributed by atoms with Crippen molar-refractivity contribution in [3.8, 4) is 12.3 Å². The summed E-state index contributed by atoms with van der Waals surface area (Å²) in [5.74, 6) is 2.67. The predicted octanol–water partition coefficient (Wildman–Crippen LogP) is 3.94. The van der Waals surface area contributed by atoms with Gasteiger partial charge in [0, 0.05) is 6.42 Å². The van der Waals surface area contributed by atoms with Crippen LogP contribution in [0.5, 0.6) is 0 Å². The van der Waals surface area contributed by atoms with Crippen molar-refractivity contribution in [2.45, 2.75) is 45.4 Å². The van der Waals surface area contributed by atoms with Gasteiger partial charge in [0.05, 0.1) is 0 Å². The van der Waals surface area contributed by atoms with Crippen LogP contribution in [0.2, 0.25) is 0 Å². The van der Waals surface area contributed by atoms with E-state index in [-0.39, 0.29) is 5.41 Å². The van der Waals surface area contributed by atoms with Crippen LogP contribution < -0.4 is 0 Å². The zero-order chi connectivity index (χ0) is 11.3. The fourth-order valence-electron chi connectivity index (χ4n) is 1.57. The fraction of sp³-hybridized carbons (Fsp3) is 0.467. The number of hydrogen-bond donors (Lipinski definition) is 0. The zero-order valence-electron chi connectivity index (χ0n) is 10.0. The Kier molecular flexibility index (Phi) is 3.97. The molecule has 0 aliphatic heterocycles. The Morgan fingerprint density at radius 3 is 2.20 bits per heavy atom. The lowest BCUT2D eigenvalue weighted by Gasteiger charge is -2.19. The highest BCUT2D eigenvalue weighted by Gasteiger charge is 2.12. The molecule has 0 bridgehead atoms. The van der Waals surface area contributed by atoms with Crippen LogP contribution in [0.3, 0.4) is 0 Å². The Balaban J connectivity index is 2.61. The van der Waals surface area contributed by atoms with E-state index in [0.717, 1.165) is 19.3 Å². The lowest BCUT2D eigenvalue weighted by atomic mass is 9.86. The summed E-state index contributed by atoms with van der Waals surface area (Å²) in [7, 11) is 0. The summed E-state index contributed by atoms with van der Waals surface area (Å²) in [6.45, 7) is 6.71. The van der Waals surface area contributed by atoms with Gasteiger partial charge in [-0.3, -0.25) is 0 Å². The Hall–Kier alpha value is -1.22. The van der Waals surface area contributed by atoms with Crippen LogP contribution in [0.1, 0.15) is 44.7 Å². The van der Waals surface area contributed by atoms with Crippen LogP contribution in [0.15, 0.2) is 24.3 Å². The first-order chi connectivity index (χ1) is 7.04. The van der Waals surface area contributed by atoms with Gasteiger partial charge in [-0.2, -0.15) is 0 Å². The van der Waals surface area contributed by atoms with Crippen LogP contribution in [0.4, 0.5) is 0 Å². The third-order valence-electron chi connectivity index (χ3n) is 2.61. The van der Waals surface area contributed by atoms with E-state index in [1.807, 2.05) is 0 Å². The topological polar surface area (TPSA) is 0 Å². The molecule has 80 valence electrons. The summed E-state index contributed by atoms with van der Waals surface area (Å²) < 4.78 is 0. The largest absolute Gasteiger partial charge is 0.120 e. The van der Waals surface area contributed by atoms with E-state index in [1.165, 1.54) is 11.1 Å². The molecule has 0 heteroatoms. The smallest absolute Gasteiger partial charge is 0.00892 e. The molecule has 0 saturated heterocycles. The van der Waals surface area contributed by atoms with Gasteiger partial charge in [-0.05, 0) is 29.4 Å². The Morgan fingerprint density at radius 1 is 1.13 bits per heavy atom. The minimum atomic E-state index is 0.247. The third-order valence-corrected chi connectivity index (χ3v) is 2.61. The van der Waals surface area contributed by atoms with Gasteiger partial charge < -0.3 is 0 Å². The molecule has 0 aliphatic rings. The van der Waals surface area contributed by atoms with Crippen LogP contribution in [-0.2, 0) is 11.8 Å². The number of benzene rings is 1. The third kappa shape index (κ3) is 3.80. The lowest BCUT2D eigenvalue weighted by molar-refractivity contribution is 0.590. The predicted molar refractivity (Wildman–Crippen MR) is 66.9 cm³/mol. The molecule has 1 aromatic rings. The molecule has 1 aromatic carbocycles. The van der Waals surface area contributed by atoms with Gasteiger partial charge in [0.15, 0.2) is 0 Å². The van der Waals surface area contributed by atoms with Crippen molar-refractivity contribution in [2.24, 2.45) is 0 Å². The standard InChI is InChI=1S/C15H20/c1-5-6-7-8-13-9-11-14(12-10-13)15(2,3)4/h1,9-12H,6-8H2,2-4H3. The monoisotopic (exact) mass is 200 g/mol. The molecule has 1 rings (SSSR count). The summed E-state index contributed by atoms with van der Waals surface area (Å²) >= 11 is 0. The molecule has 0 saturated carbocycles. The summed E-state index contributed by atoms with van der Waals surface area (Å²) in [6, 6.07) is 8.89. The molecule has 15 heavy (non-hydrogen) atoms. The van der Waals surface area contributed by atoms with Crippen molar-refractivity contribution in [2.75, 3.05) is 0 Å². The number of aryl methyl sites for hydroxylation is 1. The molecule has 0 fully saturated rings. The maximum atomic E-state index is 5.22. The minimum Gasteiger partial charge on any atom is -0.120 e. The Bertz CT molecular complexity index is 330. The molecule has 0 unspecified atom stereocenters. The molecule has 0 atom stereocenters. The number of rotatable bonds is 3.